The molecule has 0 bridgehead atoms. The monoisotopic (exact) mass is 198 g/mol. The first-order valence-electron chi connectivity index (χ1n) is 4.23. The van der Waals surface area contributed by atoms with Crippen LogP contribution in [0.25, 0.3) is 0 Å². The third kappa shape index (κ3) is 2.14. The van der Waals surface area contributed by atoms with E-state index < -0.39 is 5.06 Å². The largest absolute Gasteiger partial charge is 0.491 e. The fourth-order valence-electron chi connectivity index (χ4n) is 1.12. The zero-order chi connectivity index (χ0) is 9.31. The van der Waals surface area contributed by atoms with Gasteiger partial charge in [0.15, 0.2) is 5.06 Å². The number of halogens is 1. The summed E-state index contributed by atoms with van der Waals surface area (Å²) >= 11 is 5.87. The maximum atomic E-state index is 5.87. The zero-order valence-corrected chi connectivity index (χ0v) is 8.12. The van der Waals surface area contributed by atoms with Gasteiger partial charge in [-0.15, -0.1) is 0 Å². The van der Waals surface area contributed by atoms with Gasteiger partial charge >= 0.3 is 0 Å². The van der Waals surface area contributed by atoms with E-state index >= 15 is 0 Å². The molecule has 0 aliphatic carbocycles. The van der Waals surface area contributed by atoms with Gasteiger partial charge in [0.1, 0.15) is 18.5 Å². The van der Waals surface area contributed by atoms with E-state index in [-0.39, 0.29) is 6.10 Å². The van der Waals surface area contributed by atoms with E-state index in [1.54, 1.807) is 0 Å². The van der Waals surface area contributed by atoms with Gasteiger partial charge in [0, 0.05) is 0 Å². The highest BCUT2D eigenvalue weighted by Gasteiger charge is 2.51. The van der Waals surface area contributed by atoms with Crippen molar-refractivity contribution in [2.24, 2.45) is 0 Å². The Hall–Kier alpha value is -0.730. The lowest BCUT2D eigenvalue weighted by Gasteiger charge is -2.02. The molecule has 0 spiro atoms. The molecule has 3 heteroatoms. The minimum atomic E-state index is -0.505. The summed E-state index contributed by atoms with van der Waals surface area (Å²) in [4.78, 5) is 0. The van der Waals surface area contributed by atoms with Gasteiger partial charge in [-0.05, 0) is 19.1 Å². The highest BCUT2D eigenvalue weighted by Crippen LogP contribution is 2.40. The molecule has 1 aliphatic rings. The van der Waals surface area contributed by atoms with Crippen molar-refractivity contribution in [3.8, 4) is 5.75 Å². The van der Waals surface area contributed by atoms with Gasteiger partial charge in [0.2, 0.25) is 0 Å². The predicted octanol–water partition coefficient (Wildman–Crippen LogP) is 2.42. The number of alkyl halides is 1. The summed E-state index contributed by atoms with van der Waals surface area (Å²) in [7, 11) is 0. The Morgan fingerprint density at radius 1 is 1.46 bits per heavy atom. The summed E-state index contributed by atoms with van der Waals surface area (Å²) < 4.78 is 10.6. The Bertz CT molecular complexity index is 284. The Balaban J connectivity index is 1.82. The van der Waals surface area contributed by atoms with Crippen molar-refractivity contribution in [1.82, 2.24) is 0 Å². The van der Waals surface area contributed by atoms with Gasteiger partial charge in [0.25, 0.3) is 0 Å². The minimum absolute atomic E-state index is 0.0226. The quantitative estimate of drug-likeness (QED) is 0.550. The van der Waals surface area contributed by atoms with Crippen molar-refractivity contribution in [3.05, 3.63) is 30.3 Å². The van der Waals surface area contributed by atoms with E-state index in [1.807, 2.05) is 37.3 Å². The number of hydrogen-bond acceptors (Lipinski definition) is 2. The molecular weight excluding hydrogens is 188 g/mol. The number of epoxide rings is 1. The minimum Gasteiger partial charge on any atom is -0.491 e. The maximum Gasteiger partial charge on any atom is 0.169 e. The molecule has 1 aromatic rings. The zero-order valence-electron chi connectivity index (χ0n) is 7.37. The lowest BCUT2D eigenvalue weighted by atomic mass is 10.3. The van der Waals surface area contributed by atoms with Crippen LogP contribution in [0, 0.1) is 0 Å². The molecule has 0 radical (unpaired) electrons. The molecule has 70 valence electrons. The molecule has 1 heterocycles. The SMILES string of the molecule is CC1(Cl)OC1COc1ccccc1. The van der Waals surface area contributed by atoms with Gasteiger partial charge in [0.05, 0.1) is 0 Å². The van der Waals surface area contributed by atoms with Crippen LogP contribution < -0.4 is 4.74 Å². The molecule has 1 fully saturated rings. The predicted molar refractivity (Wildman–Crippen MR) is 51.1 cm³/mol. The van der Waals surface area contributed by atoms with Gasteiger partial charge in [-0.3, -0.25) is 0 Å². The van der Waals surface area contributed by atoms with Crippen molar-refractivity contribution < 1.29 is 9.47 Å². The molecule has 2 unspecified atom stereocenters. The summed E-state index contributed by atoms with van der Waals surface area (Å²) in [6.45, 7) is 2.36. The normalized spacial score (nSPS) is 31.4. The van der Waals surface area contributed by atoms with E-state index in [1.165, 1.54) is 0 Å². The summed E-state index contributed by atoms with van der Waals surface area (Å²) in [6, 6.07) is 9.64. The molecule has 2 rings (SSSR count). The molecule has 0 saturated carbocycles. The second-order valence-electron chi connectivity index (χ2n) is 3.22. The molecule has 1 aromatic carbocycles. The smallest absolute Gasteiger partial charge is 0.169 e. The van der Waals surface area contributed by atoms with E-state index in [0.29, 0.717) is 6.61 Å². The average Bonchev–Trinajstić information content (AvgIpc) is 2.73. The standard InChI is InChI=1S/C10H11ClO2/c1-10(11)9(13-10)7-12-8-5-3-2-4-6-8/h2-6,9H,7H2,1H3. The number of ether oxygens (including phenoxy) is 2. The van der Waals surface area contributed by atoms with Crippen LogP contribution in [-0.2, 0) is 4.74 Å². The Morgan fingerprint density at radius 2 is 2.08 bits per heavy atom. The first-order valence-corrected chi connectivity index (χ1v) is 4.61. The first-order chi connectivity index (χ1) is 6.18. The van der Waals surface area contributed by atoms with Crippen LogP contribution in [0.2, 0.25) is 0 Å². The fourth-order valence-corrected chi connectivity index (χ4v) is 1.29. The lowest BCUT2D eigenvalue weighted by Crippen LogP contribution is -2.10. The second kappa shape index (κ2) is 3.20. The molecule has 1 aliphatic heterocycles. The van der Waals surface area contributed by atoms with Crippen molar-refractivity contribution >= 4 is 11.6 Å². The molecule has 0 aromatic heterocycles. The highest BCUT2D eigenvalue weighted by molar-refractivity contribution is 6.24. The summed E-state index contributed by atoms with van der Waals surface area (Å²) in [5, 5.41) is -0.505. The second-order valence-corrected chi connectivity index (χ2v) is 3.97. The van der Waals surface area contributed by atoms with Crippen LogP contribution in [0.4, 0.5) is 0 Å². The van der Waals surface area contributed by atoms with Crippen LogP contribution in [0.3, 0.4) is 0 Å². The first kappa shape index (κ1) is 8.85. The number of benzene rings is 1. The Labute approximate surface area is 82.4 Å². The summed E-state index contributed by atoms with van der Waals surface area (Å²) in [5.74, 6) is 0.852. The van der Waals surface area contributed by atoms with Crippen LogP contribution >= 0.6 is 11.6 Å². The number of hydrogen-bond donors (Lipinski definition) is 0. The maximum absolute atomic E-state index is 5.87. The molecule has 13 heavy (non-hydrogen) atoms. The summed E-state index contributed by atoms with van der Waals surface area (Å²) in [6.07, 6.45) is 0.0226. The molecule has 2 nitrogen and oxygen atoms in total. The number of para-hydroxylation sites is 1. The topological polar surface area (TPSA) is 21.8 Å². The number of rotatable bonds is 3. The van der Waals surface area contributed by atoms with Crippen molar-refractivity contribution in [2.75, 3.05) is 6.61 Å². The molecule has 2 atom stereocenters. The van der Waals surface area contributed by atoms with Crippen molar-refractivity contribution in [2.45, 2.75) is 18.1 Å². The fraction of sp³-hybridized carbons (Fsp3) is 0.400. The van der Waals surface area contributed by atoms with Gasteiger partial charge in [-0.2, -0.15) is 0 Å². The third-order valence-electron chi connectivity index (χ3n) is 2.04. The van der Waals surface area contributed by atoms with Gasteiger partial charge in [-0.25, -0.2) is 0 Å². The van der Waals surface area contributed by atoms with Crippen LogP contribution in [0.1, 0.15) is 6.92 Å². The van der Waals surface area contributed by atoms with Crippen molar-refractivity contribution in [3.63, 3.8) is 0 Å². The van der Waals surface area contributed by atoms with Gasteiger partial charge in [-0.1, -0.05) is 29.8 Å². The molecule has 1 saturated heterocycles. The molecule has 0 N–H and O–H groups in total. The van der Waals surface area contributed by atoms with E-state index in [9.17, 15) is 0 Å². The third-order valence-corrected chi connectivity index (χ3v) is 2.37. The lowest BCUT2D eigenvalue weighted by molar-refractivity contribution is 0.259. The van der Waals surface area contributed by atoms with E-state index in [4.69, 9.17) is 21.1 Å². The Kier molecular flexibility index (Phi) is 2.18. The van der Waals surface area contributed by atoms with Crippen LogP contribution in [0.15, 0.2) is 30.3 Å². The summed E-state index contributed by atoms with van der Waals surface area (Å²) in [5.41, 5.74) is 0. The van der Waals surface area contributed by atoms with E-state index in [2.05, 4.69) is 0 Å². The van der Waals surface area contributed by atoms with Gasteiger partial charge < -0.3 is 9.47 Å². The Morgan fingerprint density at radius 3 is 2.62 bits per heavy atom. The van der Waals surface area contributed by atoms with Crippen LogP contribution in [0.5, 0.6) is 5.75 Å². The highest BCUT2D eigenvalue weighted by atomic mass is 35.5. The molecule has 0 amide bonds. The van der Waals surface area contributed by atoms with E-state index in [0.717, 1.165) is 5.75 Å². The van der Waals surface area contributed by atoms with Crippen LogP contribution in [-0.4, -0.2) is 17.8 Å². The molecular formula is C10H11ClO2. The van der Waals surface area contributed by atoms with Crippen molar-refractivity contribution in [1.29, 1.82) is 0 Å². The average molecular weight is 199 g/mol.